The van der Waals surface area contributed by atoms with Crippen LogP contribution in [0.2, 0.25) is 11.6 Å². The topological polar surface area (TPSA) is 18.5 Å². The predicted molar refractivity (Wildman–Crippen MR) is 55.4 cm³/mol. The Morgan fingerprint density at radius 2 is 1.77 bits per heavy atom. The molecule has 1 aromatic carbocycles. The van der Waals surface area contributed by atoms with Crippen molar-refractivity contribution in [3.63, 3.8) is 0 Å². The first-order valence-corrected chi connectivity index (χ1v) is 7.36. The molecule has 0 fully saturated rings. The van der Waals surface area contributed by atoms with Crippen molar-refractivity contribution in [2.75, 3.05) is 13.2 Å². The van der Waals surface area contributed by atoms with Gasteiger partial charge in [0.2, 0.25) is 0 Å². The Morgan fingerprint density at radius 3 is 2.38 bits per heavy atom. The summed E-state index contributed by atoms with van der Waals surface area (Å²) in [6, 6.07) is 9.81. The van der Waals surface area contributed by atoms with Gasteiger partial charge in [0, 0.05) is 6.61 Å². The number of para-hydroxylation sites is 1. The normalized spacial score (nSPS) is 10.4. The molecule has 1 aromatic rings. The zero-order valence-electron chi connectivity index (χ0n) is 8.19. The molecule has 0 aliphatic heterocycles. The summed E-state index contributed by atoms with van der Waals surface area (Å²) in [5, 5.41) is 0. The number of hydrogen-bond acceptors (Lipinski definition) is 2. The molecule has 1 radical (unpaired) electrons. The number of rotatable bonds is 5. The SMILES string of the molecule is [CH3][Al-]([CH3])[O]CCOc1ccccc1. The van der Waals surface area contributed by atoms with Crippen LogP contribution in [0.15, 0.2) is 30.3 Å². The first-order chi connectivity index (χ1) is 6.29. The maximum absolute atomic E-state index is 5.48. The average Bonchev–Trinajstić information content (AvgIpc) is 2.14. The largest absolute Gasteiger partial charge is 0.676 e. The molecule has 0 saturated heterocycles. The molecule has 0 N–H and O–H groups in total. The van der Waals surface area contributed by atoms with Crippen LogP contribution in [0.1, 0.15) is 0 Å². The van der Waals surface area contributed by atoms with Gasteiger partial charge in [-0.2, -0.15) is 0 Å². The fourth-order valence-electron chi connectivity index (χ4n) is 0.960. The number of ether oxygens (including phenoxy) is 1. The van der Waals surface area contributed by atoms with E-state index in [1.165, 1.54) is 0 Å². The summed E-state index contributed by atoms with van der Waals surface area (Å²) >= 11 is -0.876. The second kappa shape index (κ2) is 6.04. The van der Waals surface area contributed by atoms with E-state index < -0.39 is 14.5 Å². The van der Waals surface area contributed by atoms with Gasteiger partial charge in [-0.25, -0.2) is 11.6 Å². The van der Waals surface area contributed by atoms with E-state index in [4.69, 9.17) is 8.53 Å². The highest BCUT2D eigenvalue weighted by atomic mass is 27.2. The lowest BCUT2D eigenvalue weighted by Gasteiger charge is -2.17. The van der Waals surface area contributed by atoms with Crippen LogP contribution >= 0.6 is 0 Å². The first-order valence-electron chi connectivity index (χ1n) is 4.58. The maximum atomic E-state index is 5.48. The van der Waals surface area contributed by atoms with E-state index in [1.54, 1.807) is 0 Å². The molecular weight excluding hydrogens is 179 g/mol. The molecule has 71 valence electrons. The lowest BCUT2D eigenvalue weighted by Crippen LogP contribution is -2.14. The Labute approximate surface area is 84.2 Å². The molecule has 0 aliphatic carbocycles. The minimum absolute atomic E-state index is 0.648. The Kier molecular flexibility index (Phi) is 4.92. The highest BCUT2D eigenvalue weighted by molar-refractivity contribution is 6.48. The first kappa shape index (κ1) is 10.6. The molecule has 0 aliphatic rings. The van der Waals surface area contributed by atoms with Crippen molar-refractivity contribution in [1.29, 1.82) is 0 Å². The number of hydrogen-bond donors (Lipinski definition) is 0. The highest BCUT2D eigenvalue weighted by Crippen LogP contribution is 2.07. The van der Waals surface area contributed by atoms with Gasteiger partial charge in [0.1, 0.15) is 26.8 Å². The summed E-state index contributed by atoms with van der Waals surface area (Å²) in [7, 11) is 0. The summed E-state index contributed by atoms with van der Waals surface area (Å²) < 4.78 is 10.9. The van der Waals surface area contributed by atoms with E-state index in [-0.39, 0.29) is 0 Å². The van der Waals surface area contributed by atoms with Crippen molar-refractivity contribution >= 4 is 14.5 Å². The van der Waals surface area contributed by atoms with Crippen molar-refractivity contribution < 1.29 is 8.53 Å². The van der Waals surface area contributed by atoms with Gasteiger partial charge in [0.15, 0.2) is 0 Å². The molecule has 13 heavy (non-hydrogen) atoms. The maximum Gasteiger partial charge on any atom is 0.129 e. The van der Waals surface area contributed by atoms with Crippen LogP contribution in [-0.2, 0) is 3.79 Å². The Bertz CT molecular complexity index is 224. The van der Waals surface area contributed by atoms with Gasteiger partial charge in [-0.3, -0.25) is 0 Å². The van der Waals surface area contributed by atoms with E-state index in [0.717, 1.165) is 5.75 Å². The second-order valence-corrected chi connectivity index (χ2v) is 5.51. The Balaban J connectivity index is 2.13. The predicted octanol–water partition coefficient (Wildman–Crippen LogP) is 2.33. The van der Waals surface area contributed by atoms with Crippen LogP contribution in [0, 0.1) is 0 Å². The van der Waals surface area contributed by atoms with Crippen LogP contribution in [0.3, 0.4) is 0 Å². The zero-order chi connectivity index (χ0) is 9.52. The lowest BCUT2D eigenvalue weighted by atomic mass is 10.3. The molecule has 0 saturated carbocycles. The third-order valence-electron chi connectivity index (χ3n) is 1.55. The molecule has 0 amide bonds. The highest BCUT2D eigenvalue weighted by Gasteiger charge is 1.90. The van der Waals surface area contributed by atoms with Crippen molar-refractivity contribution in [2.24, 2.45) is 0 Å². The summed E-state index contributed by atoms with van der Waals surface area (Å²) in [6.45, 7) is 1.36. The second-order valence-electron chi connectivity index (χ2n) is 3.08. The van der Waals surface area contributed by atoms with E-state index in [2.05, 4.69) is 11.6 Å². The summed E-state index contributed by atoms with van der Waals surface area (Å²) in [5.74, 6) is 5.22. The van der Waals surface area contributed by atoms with E-state index >= 15 is 0 Å². The Hall–Kier alpha value is -0.488. The lowest BCUT2D eigenvalue weighted by molar-refractivity contribution is 0.219. The van der Waals surface area contributed by atoms with Crippen LogP contribution < -0.4 is 4.74 Å². The van der Waals surface area contributed by atoms with Crippen LogP contribution in [0.4, 0.5) is 0 Å². The quantitative estimate of drug-likeness (QED) is 0.529. The van der Waals surface area contributed by atoms with E-state index in [0.29, 0.717) is 13.2 Å². The third kappa shape index (κ3) is 4.95. The monoisotopic (exact) mass is 194 g/mol. The fraction of sp³-hybridized carbons (Fsp3) is 0.400. The molecule has 0 atom stereocenters. The van der Waals surface area contributed by atoms with Crippen LogP contribution in [0.5, 0.6) is 5.75 Å². The molecule has 0 bridgehead atoms. The van der Waals surface area contributed by atoms with Crippen molar-refractivity contribution in [1.82, 2.24) is 0 Å². The molecule has 0 heterocycles. The van der Waals surface area contributed by atoms with E-state index in [1.807, 2.05) is 30.3 Å². The fourth-order valence-corrected chi connectivity index (χ4v) is 1.53. The summed E-state index contributed by atoms with van der Waals surface area (Å²) in [4.78, 5) is 0. The number of benzene rings is 1. The van der Waals surface area contributed by atoms with Crippen LogP contribution in [0.25, 0.3) is 0 Å². The average molecular weight is 194 g/mol. The van der Waals surface area contributed by atoms with Gasteiger partial charge in [-0.1, -0.05) is 18.2 Å². The molecule has 1 rings (SSSR count). The van der Waals surface area contributed by atoms with Crippen molar-refractivity contribution in [3.8, 4) is 5.75 Å². The van der Waals surface area contributed by atoms with Gasteiger partial charge in [-0.05, 0) is 12.1 Å². The van der Waals surface area contributed by atoms with Gasteiger partial charge in [0.05, 0.1) is 0 Å². The van der Waals surface area contributed by atoms with Crippen LogP contribution in [-0.4, -0.2) is 27.7 Å². The zero-order valence-corrected chi connectivity index (χ0v) is 9.35. The Morgan fingerprint density at radius 1 is 1.08 bits per heavy atom. The minimum Gasteiger partial charge on any atom is -0.676 e. The smallest absolute Gasteiger partial charge is 0.129 e. The van der Waals surface area contributed by atoms with Crippen molar-refractivity contribution in [2.45, 2.75) is 11.6 Å². The van der Waals surface area contributed by atoms with Gasteiger partial charge in [-0.15, -0.1) is 0 Å². The van der Waals surface area contributed by atoms with Gasteiger partial charge in [0.25, 0.3) is 0 Å². The third-order valence-corrected chi connectivity index (χ3v) is 2.45. The van der Waals surface area contributed by atoms with Gasteiger partial charge < -0.3 is 8.53 Å². The molecule has 0 spiro atoms. The molecule has 3 heteroatoms. The molecular formula is C10H15AlO2-. The summed E-state index contributed by atoms with van der Waals surface area (Å²) in [6.07, 6.45) is 0. The molecule has 0 aromatic heterocycles. The minimum atomic E-state index is -0.876. The standard InChI is InChI=1S/C8H9O2.2CH3.Al/c9-6-7-10-8-4-2-1-3-5-8;;;/h1-5H,6-7H2;2*1H3;/q-1;;;. The van der Waals surface area contributed by atoms with Gasteiger partial charge >= 0.3 is 0 Å². The summed E-state index contributed by atoms with van der Waals surface area (Å²) in [5.41, 5.74) is 0. The van der Waals surface area contributed by atoms with Crippen molar-refractivity contribution in [3.05, 3.63) is 30.3 Å². The van der Waals surface area contributed by atoms with E-state index in [9.17, 15) is 0 Å². The molecule has 0 unspecified atom stereocenters. The molecule has 2 nitrogen and oxygen atoms in total.